The number of likely N-dealkylation sites (tertiary alicyclic amines) is 1. The van der Waals surface area contributed by atoms with E-state index in [1.165, 1.54) is 6.33 Å². The Balaban J connectivity index is 1.55. The van der Waals surface area contributed by atoms with Gasteiger partial charge in [0.1, 0.15) is 12.4 Å². The fourth-order valence-corrected chi connectivity index (χ4v) is 3.70. The van der Waals surface area contributed by atoms with E-state index in [4.69, 9.17) is 4.74 Å². The molecule has 1 saturated heterocycles. The van der Waals surface area contributed by atoms with Gasteiger partial charge in [0.15, 0.2) is 0 Å². The fourth-order valence-electron chi connectivity index (χ4n) is 3.70. The largest absolute Gasteiger partial charge is 0.472 e. The quantitative estimate of drug-likeness (QED) is 0.685. The van der Waals surface area contributed by atoms with Crippen LogP contribution in [0.3, 0.4) is 0 Å². The van der Waals surface area contributed by atoms with Crippen molar-refractivity contribution in [1.82, 2.24) is 14.9 Å². The van der Waals surface area contributed by atoms with Crippen LogP contribution in [0.15, 0.2) is 79.3 Å². The Labute approximate surface area is 165 Å². The number of carbonyl (C=O) groups is 1. The summed E-state index contributed by atoms with van der Waals surface area (Å²) in [6, 6.07) is 21.7. The van der Waals surface area contributed by atoms with Gasteiger partial charge in [-0.2, -0.15) is 0 Å². The molecule has 1 fully saturated rings. The molecular formula is C23H23N3O2. The maximum atomic E-state index is 13.5. The molecule has 142 valence electrons. The Kier molecular flexibility index (Phi) is 5.61. The average Bonchev–Trinajstić information content (AvgIpc) is 2.76. The summed E-state index contributed by atoms with van der Waals surface area (Å²) in [5.41, 5.74) is 2.02. The molecule has 0 bridgehead atoms. The van der Waals surface area contributed by atoms with Crippen LogP contribution in [0.2, 0.25) is 0 Å². The van der Waals surface area contributed by atoms with Gasteiger partial charge >= 0.3 is 0 Å². The van der Waals surface area contributed by atoms with Gasteiger partial charge in [0.05, 0.1) is 12.5 Å². The number of amides is 1. The second kappa shape index (κ2) is 8.65. The van der Waals surface area contributed by atoms with Gasteiger partial charge in [-0.3, -0.25) is 4.79 Å². The molecule has 1 amide bonds. The van der Waals surface area contributed by atoms with E-state index in [1.807, 2.05) is 65.6 Å². The van der Waals surface area contributed by atoms with Crippen molar-refractivity contribution >= 4 is 5.91 Å². The smallest absolute Gasteiger partial charge is 0.234 e. The van der Waals surface area contributed by atoms with Crippen molar-refractivity contribution in [2.75, 3.05) is 13.1 Å². The standard InChI is InChI=1S/C23H23N3O2/c27-23(22(18-8-3-1-4-9-18)19-10-5-2-6-11-19)26-15-7-12-20(16-26)28-21-13-14-24-17-25-21/h1-6,8-11,13-14,17,20,22H,7,12,15-16H2. The minimum Gasteiger partial charge on any atom is -0.472 e. The number of hydrogen-bond acceptors (Lipinski definition) is 4. The Morgan fingerprint density at radius 3 is 2.29 bits per heavy atom. The van der Waals surface area contributed by atoms with Crippen LogP contribution in [0, 0.1) is 0 Å². The van der Waals surface area contributed by atoms with Gasteiger partial charge in [0.25, 0.3) is 0 Å². The number of piperidine rings is 1. The first-order chi connectivity index (χ1) is 13.8. The van der Waals surface area contributed by atoms with Gasteiger partial charge in [0.2, 0.25) is 11.8 Å². The highest BCUT2D eigenvalue weighted by molar-refractivity contribution is 5.87. The molecule has 4 rings (SSSR count). The van der Waals surface area contributed by atoms with Crippen LogP contribution in [-0.4, -0.2) is 40.0 Å². The third kappa shape index (κ3) is 4.19. The highest BCUT2D eigenvalue weighted by Crippen LogP contribution is 2.28. The van der Waals surface area contributed by atoms with Gasteiger partial charge in [0, 0.05) is 18.8 Å². The topological polar surface area (TPSA) is 55.3 Å². The Hall–Kier alpha value is -3.21. The molecular weight excluding hydrogens is 350 g/mol. The molecule has 5 nitrogen and oxygen atoms in total. The maximum Gasteiger partial charge on any atom is 0.234 e. The summed E-state index contributed by atoms with van der Waals surface area (Å²) in [5.74, 6) is 0.366. The van der Waals surface area contributed by atoms with E-state index in [1.54, 1.807) is 12.3 Å². The maximum absolute atomic E-state index is 13.5. The van der Waals surface area contributed by atoms with Crippen LogP contribution in [0.1, 0.15) is 29.9 Å². The first-order valence-electron chi connectivity index (χ1n) is 9.62. The van der Waals surface area contributed by atoms with Crippen molar-refractivity contribution in [2.45, 2.75) is 24.9 Å². The zero-order chi connectivity index (χ0) is 19.2. The van der Waals surface area contributed by atoms with Crippen LogP contribution in [0.25, 0.3) is 0 Å². The Morgan fingerprint density at radius 1 is 1.00 bits per heavy atom. The van der Waals surface area contributed by atoms with E-state index in [2.05, 4.69) is 9.97 Å². The molecule has 1 unspecified atom stereocenters. The summed E-state index contributed by atoms with van der Waals surface area (Å²) in [7, 11) is 0. The van der Waals surface area contributed by atoms with Gasteiger partial charge in [-0.1, -0.05) is 60.7 Å². The van der Waals surface area contributed by atoms with Crippen LogP contribution in [-0.2, 0) is 4.79 Å². The number of nitrogens with zero attached hydrogens (tertiary/aromatic N) is 3. The Bertz CT molecular complexity index is 848. The van der Waals surface area contributed by atoms with Gasteiger partial charge in [-0.15, -0.1) is 0 Å². The van der Waals surface area contributed by atoms with Crippen LogP contribution >= 0.6 is 0 Å². The molecule has 0 saturated carbocycles. The van der Waals surface area contributed by atoms with Crippen molar-refractivity contribution in [1.29, 1.82) is 0 Å². The normalized spacial score (nSPS) is 16.8. The van der Waals surface area contributed by atoms with E-state index >= 15 is 0 Å². The second-order valence-corrected chi connectivity index (χ2v) is 6.97. The van der Waals surface area contributed by atoms with E-state index in [0.29, 0.717) is 12.4 Å². The first kappa shape index (κ1) is 18.2. The molecule has 0 aliphatic carbocycles. The lowest BCUT2D eigenvalue weighted by atomic mass is 9.89. The van der Waals surface area contributed by atoms with E-state index in [9.17, 15) is 4.79 Å². The number of hydrogen-bond donors (Lipinski definition) is 0. The fraction of sp³-hybridized carbons (Fsp3) is 0.261. The van der Waals surface area contributed by atoms with Crippen molar-refractivity contribution in [2.24, 2.45) is 0 Å². The molecule has 1 aromatic heterocycles. The molecule has 2 aromatic carbocycles. The SMILES string of the molecule is O=C(C(c1ccccc1)c1ccccc1)N1CCCC(Oc2ccncn2)C1. The molecule has 0 spiro atoms. The van der Waals surface area contributed by atoms with E-state index in [0.717, 1.165) is 30.5 Å². The minimum absolute atomic E-state index is 0.0557. The number of carbonyl (C=O) groups excluding carboxylic acids is 1. The lowest BCUT2D eigenvalue weighted by Crippen LogP contribution is -2.46. The highest BCUT2D eigenvalue weighted by Gasteiger charge is 2.31. The molecule has 1 aliphatic heterocycles. The first-order valence-corrected chi connectivity index (χ1v) is 9.62. The average molecular weight is 373 g/mol. The molecule has 2 heterocycles. The molecule has 1 aliphatic rings. The van der Waals surface area contributed by atoms with Gasteiger partial charge in [-0.25, -0.2) is 9.97 Å². The lowest BCUT2D eigenvalue weighted by molar-refractivity contribution is -0.134. The summed E-state index contributed by atoms with van der Waals surface area (Å²) in [5, 5.41) is 0. The summed E-state index contributed by atoms with van der Waals surface area (Å²) in [4.78, 5) is 23.5. The molecule has 3 aromatic rings. The Morgan fingerprint density at radius 2 is 1.68 bits per heavy atom. The molecule has 5 heteroatoms. The van der Waals surface area contributed by atoms with Crippen molar-refractivity contribution in [3.8, 4) is 5.88 Å². The summed E-state index contributed by atoms with van der Waals surface area (Å²) in [6.07, 6.45) is 4.91. The zero-order valence-corrected chi connectivity index (χ0v) is 15.6. The van der Waals surface area contributed by atoms with Crippen LogP contribution in [0.4, 0.5) is 0 Å². The van der Waals surface area contributed by atoms with E-state index < -0.39 is 0 Å². The molecule has 0 radical (unpaired) electrons. The zero-order valence-electron chi connectivity index (χ0n) is 15.6. The molecule has 28 heavy (non-hydrogen) atoms. The second-order valence-electron chi connectivity index (χ2n) is 6.97. The third-order valence-electron chi connectivity index (χ3n) is 5.04. The monoisotopic (exact) mass is 373 g/mol. The van der Waals surface area contributed by atoms with Crippen molar-refractivity contribution in [3.05, 3.63) is 90.4 Å². The number of rotatable bonds is 5. The van der Waals surface area contributed by atoms with Gasteiger partial charge in [-0.05, 0) is 24.0 Å². The predicted octanol–water partition coefficient (Wildman–Crippen LogP) is 3.68. The number of aromatic nitrogens is 2. The number of ether oxygens (including phenoxy) is 1. The minimum atomic E-state index is -0.305. The third-order valence-corrected chi connectivity index (χ3v) is 5.04. The van der Waals surface area contributed by atoms with E-state index in [-0.39, 0.29) is 17.9 Å². The van der Waals surface area contributed by atoms with Crippen LogP contribution < -0.4 is 4.74 Å². The molecule has 0 N–H and O–H groups in total. The van der Waals surface area contributed by atoms with Gasteiger partial charge < -0.3 is 9.64 Å². The van der Waals surface area contributed by atoms with Crippen molar-refractivity contribution in [3.63, 3.8) is 0 Å². The summed E-state index contributed by atoms with van der Waals surface area (Å²) < 4.78 is 5.98. The summed E-state index contributed by atoms with van der Waals surface area (Å²) >= 11 is 0. The van der Waals surface area contributed by atoms with Crippen molar-refractivity contribution < 1.29 is 9.53 Å². The molecule has 1 atom stereocenters. The predicted molar refractivity (Wildman–Crippen MR) is 107 cm³/mol. The number of benzene rings is 2. The summed E-state index contributed by atoms with van der Waals surface area (Å²) in [6.45, 7) is 1.32. The lowest BCUT2D eigenvalue weighted by Gasteiger charge is -2.35. The highest BCUT2D eigenvalue weighted by atomic mass is 16.5. The van der Waals surface area contributed by atoms with Crippen LogP contribution in [0.5, 0.6) is 5.88 Å².